The molecule has 106 valence electrons. The number of nitrogens with one attached hydrogen (secondary N) is 1. The van der Waals surface area contributed by atoms with Gasteiger partial charge in [-0.1, -0.05) is 20.8 Å². The summed E-state index contributed by atoms with van der Waals surface area (Å²) in [4.78, 5) is 2.24. The molecule has 0 amide bonds. The van der Waals surface area contributed by atoms with Crippen molar-refractivity contribution in [1.82, 2.24) is 10.2 Å². The smallest absolute Gasteiger partial charge is 0.128 e. The van der Waals surface area contributed by atoms with E-state index in [1.807, 2.05) is 0 Å². The quantitative estimate of drug-likeness (QED) is 0.887. The molecule has 19 heavy (non-hydrogen) atoms. The fourth-order valence-electron chi connectivity index (χ4n) is 2.88. The van der Waals surface area contributed by atoms with Crippen LogP contribution in [0.15, 0.2) is 18.2 Å². The van der Waals surface area contributed by atoms with Crippen LogP contribution in [0.4, 0.5) is 8.78 Å². The fourth-order valence-corrected chi connectivity index (χ4v) is 2.88. The number of halogens is 2. The second-order valence-corrected chi connectivity index (χ2v) is 6.22. The predicted octanol–water partition coefficient (Wildman–Crippen LogP) is 2.96. The van der Waals surface area contributed by atoms with E-state index >= 15 is 0 Å². The average molecular weight is 268 g/mol. The normalized spacial score (nSPS) is 19.4. The first-order valence-corrected chi connectivity index (χ1v) is 6.79. The fraction of sp³-hybridized carbons (Fsp3) is 0.600. The van der Waals surface area contributed by atoms with Crippen LogP contribution in [-0.2, 0) is 0 Å². The van der Waals surface area contributed by atoms with E-state index in [0.717, 1.165) is 26.2 Å². The Balaban J connectivity index is 2.39. The van der Waals surface area contributed by atoms with Gasteiger partial charge in [-0.2, -0.15) is 0 Å². The first kappa shape index (κ1) is 14.4. The summed E-state index contributed by atoms with van der Waals surface area (Å²) in [5, 5.41) is 3.29. The maximum Gasteiger partial charge on any atom is 0.128 e. The molecule has 0 aromatic heterocycles. The molecule has 1 heterocycles. The largest absolute Gasteiger partial charge is 0.314 e. The molecule has 2 rings (SSSR count). The average Bonchev–Trinajstić information content (AvgIpc) is 2.33. The molecule has 1 N–H and O–H groups in total. The molecule has 0 bridgehead atoms. The van der Waals surface area contributed by atoms with E-state index in [0.29, 0.717) is 5.56 Å². The van der Waals surface area contributed by atoms with Gasteiger partial charge in [0.25, 0.3) is 0 Å². The van der Waals surface area contributed by atoms with Crippen LogP contribution in [-0.4, -0.2) is 31.1 Å². The van der Waals surface area contributed by atoms with Gasteiger partial charge in [0.15, 0.2) is 0 Å². The van der Waals surface area contributed by atoms with E-state index in [9.17, 15) is 8.78 Å². The summed E-state index contributed by atoms with van der Waals surface area (Å²) in [6.07, 6.45) is 0. The SMILES string of the molecule is CC(C)(C)[C@H](c1cc(F)ccc1F)N1CCNCC1. The summed E-state index contributed by atoms with van der Waals surface area (Å²) in [6.45, 7) is 9.72. The second-order valence-electron chi connectivity index (χ2n) is 6.22. The number of hydrogen-bond donors (Lipinski definition) is 1. The predicted molar refractivity (Wildman–Crippen MR) is 73.0 cm³/mol. The Morgan fingerprint density at radius 2 is 1.79 bits per heavy atom. The summed E-state index contributed by atoms with van der Waals surface area (Å²) in [5.74, 6) is -0.694. The molecule has 4 heteroatoms. The Bertz CT molecular complexity index is 434. The van der Waals surface area contributed by atoms with Gasteiger partial charge >= 0.3 is 0 Å². The van der Waals surface area contributed by atoms with Gasteiger partial charge in [-0.05, 0) is 23.6 Å². The maximum atomic E-state index is 14.1. The van der Waals surface area contributed by atoms with E-state index in [-0.39, 0.29) is 23.1 Å². The molecule has 1 aliphatic heterocycles. The number of hydrogen-bond acceptors (Lipinski definition) is 2. The number of piperazine rings is 1. The van der Waals surface area contributed by atoms with Crippen molar-refractivity contribution in [2.75, 3.05) is 26.2 Å². The van der Waals surface area contributed by atoms with Crippen LogP contribution in [0.2, 0.25) is 0 Å². The van der Waals surface area contributed by atoms with E-state index < -0.39 is 0 Å². The van der Waals surface area contributed by atoms with Gasteiger partial charge in [0.2, 0.25) is 0 Å². The maximum absolute atomic E-state index is 14.1. The van der Waals surface area contributed by atoms with E-state index in [1.165, 1.54) is 18.2 Å². The van der Waals surface area contributed by atoms with Gasteiger partial charge in [-0.15, -0.1) is 0 Å². The molecule has 0 radical (unpaired) electrons. The first-order chi connectivity index (χ1) is 8.89. The highest BCUT2D eigenvalue weighted by atomic mass is 19.1. The number of rotatable bonds is 2. The molecule has 0 aliphatic carbocycles. The third-order valence-electron chi connectivity index (χ3n) is 3.59. The lowest BCUT2D eigenvalue weighted by atomic mass is 9.80. The lowest BCUT2D eigenvalue weighted by molar-refractivity contribution is 0.0832. The van der Waals surface area contributed by atoms with E-state index in [4.69, 9.17) is 0 Å². The Morgan fingerprint density at radius 3 is 2.37 bits per heavy atom. The molecule has 1 aliphatic rings. The molecule has 0 unspecified atom stereocenters. The van der Waals surface area contributed by atoms with Crippen molar-refractivity contribution in [2.24, 2.45) is 5.41 Å². The van der Waals surface area contributed by atoms with Gasteiger partial charge in [-0.3, -0.25) is 4.90 Å². The van der Waals surface area contributed by atoms with E-state index in [2.05, 4.69) is 31.0 Å². The van der Waals surface area contributed by atoms with Crippen molar-refractivity contribution in [3.8, 4) is 0 Å². The molecule has 1 aromatic rings. The first-order valence-electron chi connectivity index (χ1n) is 6.79. The monoisotopic (exact) mass is 268 g/mol. The third kappa shape index (κ3) is 3.31. The van der Waals surface area contributed by atoms with Gasteiger partial charge in [0.1, 0.15) is 11.6 Å². The highest BCUT2D eigenvalue weighted by Crippen LogP contribution is 2.39. The Labute approximate surface area is 113 Å². The van der Waals surface area contributed by atoms with Crippen LogP contribution in [0.1, 0.15) is 32.4 Å². The standard InChI is InChI=1S/C15H22F2N2/c1-15(2,3)14(19-8-6-18-7-9-19)12-10-11(16)4-5-13(12)17/h4-5,10,14,18H,6-9H2,1-3H3/t14-/m0/s1. The molecule has 1 fully saturated rings. The van der Waals surface area contributed by atoms with Crippen LogP contribution in [0.25, 0.3) is 0 Å². The lowest BCUT2D eigenvalue weighted by Gasteiger charge is -2.42. The second kappa shape index (κ2) is 5.55. The third-order valence-corrected chi connectivity index (χ3v) is 3.59. The molecule has 1 aromatic carbocycles. The zero-order chi connectivity index (χ0) is 14.0. The molecule has 2 nitrogen and oxygen atoms in total. The summed E-state index contributed by atoms with van der Waals surface area (Å²) in [6, 6.07) is 3.64. The summed E-state index contributed by atoms with van der Waals surface area (Å²) in [7, 11) is 0. The van der Waals surface area contributed by atoms with Gasteiger partial charge < -0.3 is 5.32 Å². The molecule has 1 atom stereocenters. The topological polar surface area (TPSA) is 15.3 Å². The minimum atomic E-state index is -0.374. The highest BCUT2D eigenvalue weighted by Gasteiger charge is 2.34. The van der Waals surface area contributed by atoms with Crippen LogP contribution in [0.5, 0.6) is 0 Å². The van der Waals surface area contributed by atoms with Crippen molar-refractivity contribution in [1.29, 1.82) is 0 Å². The zero-order valence-electron chi connectivity index (χ0n) is 11.8. The molecule has 0 saturated carbocycles. The lowest BCUT2D eigenvalue weighted by Crippen LogP contribution is -2.48. The molecular weight excluding hydrogens is 246 g/mol. The number of nitrogens with zero attached hydrogens (tertiary/aromatic N) is 1. The van der Waals surface area contributed by atoms with Crippen LogP contribution < -0.4 is 5.32 Å². The van der Waals surface area contributed by atoms with Crippen molar-refractivity contribution >= 4 is 0 Å². The number of benzene rings is 1. The van der Waals surface area contributed by atoms with Gasteiger partial charge in [-0.25, -0.2) is 8.78 Å². The summed E-state index contributed by atoms with van der Waals surface area (Å²) in [5.41, 5.74) is 0.320. The van der Waals surface area contributed by atoms with Crippen molar-refractivity contribution in [3.05, 3.63) is 35.4 Å². The highest BCUT2D eigenvalue weighted by molar-refractivity contribution is 5.24. The summed E-state index contributed by atoms with van der Waals surface area (Å²) >= 11 is 0. The molecule has 0 spiro atoms. The van der Waals surface area contributed by atoms with Crippen molar-refractivity contribution < 1.29 is 8.78 Å². The Kier molecular flexibility index (Phi) is 4.21. The minimum Gasteiger partial charge on any atom is -0.314 e. The van der Waals surface area contributed by atoms with Crippen LogP contribution >= 0.6 is 0 Å². The van der Waals surface area contributed by atoms with Crippen LogP contribution in [0, 0.1) is 17.0 Å². The van der Waals surface area contributed by atoms with Gasteiger partial charge in [0.05, 0.1) is 0 Å². The van der Waals surface area contributed by atoms with Crippen LogP contribution in [0.3, 0.4) is 0 Å². The minimum absolute atomic E-state index is 0.106. The molecular formula is C15H22F2N2. The molecule has 1 saturated heterocycles. The Morgan fingerprint density at radius 1 is 1.16 bits per heavy atom. The zero-order valence-corrected chi connectivity index (χ0v) is 11.8. The van der Waals surface area contributed by atoms with E-state index in [1.54, 1.807) is 0 Å². The summed E-state index contributed by atoms with van der Waals surface area (Å²) < 4.78 is 27.6. The van der Waals surface area contributed by atoms with Crippen molar-refractivity contribution in [2.45, 2.75) is 26.8 Å². The van der Waals surface area contributed by atoms with Gasteiger partial charge in [0, 0.05) is 37.8 Å². The Hall–Kier alpha value is -1.00. The van der Waals surface area contributed by atoms with Crippen molar-refractivity contribution in [3.63, 3.8) is 0 Å².